The number of aromatic nitrogens is 3. The molecule has 16 heavy (non-hydrogen) atoms. The smallest absolute Gasteiger partial charge is 0.184 e. The van der Waals surface area contributed by atoms with Gasteiger partial charge >= 0.3 is 0 Å². The third kappa shape index (κ3) is 1.64. The summed E-state index contributed by atoms with van der Waals surface area (Å²) < 4.78 is 2.03. The van der Waals surface area contributed by atoms with E-state index in [0.29, 0.717) is 11.6 Å². The van der Waals surface area contributed by atoms with Crippen LogP contribution in [0.3, 0.4) is 0 Å². The van der Waals surface area contributed by atoms with Crippen molar-refractivity contribution in [1.29, 1.82) is 0 Å². The Morgan fingerprint density at radius 3 is 2.62 bits per heavy atom. The summed E-state index contributed by atoms with van der Waals surface area (Å²) in [5.41, 5.74) is 8.54. The first kappa shape index (κ1) is 10.9. The minimum absolute atomic E-state index is 0.455. The zero-order valence-electron chi connectivity index (χ0n) is 10.1. The molecule has 0 atom stereocenters. The van der Waals surface area contributed by atoms with Crippen molar-refractivity contribution in [2.24, 2.45) is 0 Å². The third-order valence-corrected chi connectivity index (χ3v) is 3.05. The molecule has 2 aromatic rings. The van der Waals surface area contributed by atoms with E-state index in [0.717, 1.165) is 29.9 Å². The molecule has 2 N–H and O–H groups in total. The van der Waals surface area contributed by atoms with Crippen LogP contribution in [-0.2, 0) is 0 Å². The molecule has 4 heteroatoms. The number of pyridine rings is 1. The van der Waals surface area contributed by atoms with E-state index in [2.05, 4.69) is 30.2 Å². The Morgan fingerprint density at radius 2 is 2.00 bits per heavy atom. The lowest BCUT2D eigenvalue weighted by Gasteiger charge is -2.10. The van der Waals surface area contributed by atoms with Gasteiger partial charge in [-0.05, 0) is 31.4 Å². The first-order valence-electron chi connectivity index (χ1n) is 5.78. The minimum Gasteiger partial charge on any atom is -0.396 e. The molecular weight excluding hydrogens is 200 g/mol. The summed E-state index contributed by atoms with van der Waals surface area (Å²) in [6.45, 7) is 6.38. The lowest BCUT2D eigenvalue weighted by molar-refractivity contribution is 0.595. The first-order valence-corrected chi connectivity index (χ1v) is 5.78. The van der Waals surface area contributed by atoms with Crippen LogP contribution in [0.2, 0.25) is 0 Å². The van der Waals surface area contributed by atoms with Gasteiger partial charge in [-0.25, -0.2) is 0 Å². The highest BCUT2D eigenvalue weighted by atomic mass is 15.3. The third-order valence-electron chi connectivity index (χ3n) is 3.05. The van der Waals surface area contributed by atoms with E-state index in [9.17, 15) is 0 Å². The van der Waals surface area contributed by atoms with Crippen molar-refractivity contribution < 1.29 is 0 Å². The molecule has 0 radical (unpaired) electrons. The van der Waals surface area contributed by atoms with Gasteiger partial charge in [0.2, 0.25) is 0 Å². The number of nitrogens with two attached hydrogens (primary N) is 1. The number of nitrogen functional groups attached to an aromatic ring is 1. The van der Waals surface area contributed by atoms with Crippen molar-refractivity contribution in [3.05, 3.63) is 23.7 Å². The van der Waals surface area contributed by atoms with E-state index in [1.165, 1.54) is 0 Å². The average Bonchev–Trinajstić information content (AvgIpc) is 2.64. The average molecular weight is 218 g/mol. The molecule has 2 rings (SSSR count). The van der Waals surface area contributed by atoms with Crippen molar-refractivity contribution in [2.45, 2.75) is 39.5 Å². The van der Waals surface area contributed by atoms with E-state index in [-0.39, 0.29) is 0 Å². The summed E-state index contributed by atoms with van der Waals surface area (Å²) in [6.07, 6.45) is 4.20. The lowest BCUT2D eigenvalue weighted by atomic mass is 10.0. The summed E-state index contributed by atoms with van der Waals surface area (Å²) in [5, 5.41) is 8.44. The lowest BCUT2D eigenvalue weighted by Crippen LogP contribution is -2.03. The fraction of sp³-hybridized carbons (Fsp3) is 0.500. The van der Waals surface area contributed by atoms with Crippen LogP contribution in [0.15, 0.2) is 12.3 Å². The van der Waals surface area contributed by atoms with Gasteiger partial charge in [-0.1, -0.05) is 13.8 Å². The van der Waals surface area contributed by atoms with Gasteiger partial charge in [0.1, 0.15) is 5.82 Å². The summed E-state index contributed by atoms with van der Waals surface area (Å²) in [6, 6.07) is 1.93. The molecule has 0 aliphatic heterocycles. The summed E-state index contributed by atoms with van der Waals surface area (Å²) in [7, 11) is 0. The van der Waals surface area contributed by atoms with Crippen LogP contribution in [0.5, 0.6) is 0 Å². The summed E-state index contributed by atoms with van der Waals surface area (Å²) in [5.74, 6) is 1.48. The van der Waals surface area contributed by atoms with Crippen LogP contribution in [0, 0.1) is 6.92 Å². The highest BCUT2D eigenvalue weighted by Gasteiger charge is 2.15. The number of rotatable bonds is 3. The zero-order valence-corrected chi connectivity index (χ0v) is 10.1. The molecule has 0 aliphatic carbocycles. The molecule has 0 spiro atoms. The van der Waals surface area contributed by atoms with Crippen molar-refractivity contribution in [3.63, 3.8) is 0 Å². The topological polar surface area (TPSA) is 56.2 Å². The molecule has 0 aromatic carbocycles. The standard InChI is InChI=1S/C12H18N4/c1-4-9(5-2)11-14-15-12-10(13)6-8(3)7-16(11)12/h6-7,9H,4-5,13H2,1-3H3. The quantitative estimate of drug-likeness (QED) is 0.861. The van der Waals surface area contributed by atoms with Crippen LogP contribution >= 0.6 is 0 Å². The van der Waals surface area contributed by atoms with Gasteiger partial charge in [0.15, 0.2) is 5.65 Å². The largest absolute Gasteiger partial charge is 0.396 e. The van der Waals surface area contributed by atoms with Crippen molar-refractivity contribution >= 4 is 11.3 Å². The van der Waals surface area contributed by atoms with E-state index in [4.69, 9.17) is 5.73 Å². The van der Waals surface area contributed by atoms with E-state index < -0.39 is 0 Å². The van der Waals surface area contributed by atoms with Gasteiger partial charge in [0.25, 0.3) is 0 Å². The molecular formula is C12H18N4. The Hall–Kier alpha value is -1.58. The monoisotopic (exact) mass is 218 g/mol. The number of anilines is 1. The summed E-state index contributed by atoms with van der Waals surface area (Å²) >= 11 is 0. The highest BCUT2D eigenvalue weighted by Crippen LogP contribution is 2.24. The van der Waals surface area contributed by atoms with Crippen LogP contribution in [0.1, 0.15) is 44.0 Å². The molecule has 0 bridgehead atoms. The molecule has 0 saturated carbocycles. The van der Waals surface area contributed by atoms with Crippen molar-refractivity contribution in [3.8, 4) is 0 Å². The second-order valence-corrected chi connectivity index (χ2v) is 4.24. The molecule has 4 nitrogen and oxygen atoms in total. The first-order chi connectivity index (χ1) is 7.67. The minimum atomic E-state index is 0.455. The Kier molecular flexibility index (Phi) is 2.81. The molecule has 86 valence electrons. The number of hydrogen-bond acceptors (Lipinski definition) is 3. The Balaban J connectivity index is 2.63. The van der Waals surface area contributed by atoms with E-state index >= 15 is 0 Å². The molecule has 0 saturated heterocycles. The van der Waals surface area contributed by atoms with E-state index in [1.54, 1.807) is 0 Å². The Morgan fingerprint density at radius 1 is 1.31 bits per heavy atom. The maximum atomic E-state index is 5.93. The molecule has 0 amide bonds. The maximum Gasteiger partial charge on any atom is 0.184 e. The predicted octanol–water partition coefficient (Wildman–Crippen LogP) is 2.52. The van der Waals surface area contributed by atoms with Crippen molar-refractivity contribution in [1.82, 2.24) is 14.6 Å². The fourth-order valence-corrected chi connectivity index (χ4v) is 2.11. The predicted molar refractivity (Wildman–Crippen MR) is 65.5 cm³/mol. The van der Waals surface area contributed by atoms with Crippen LogP contribution in [0.25, 0.3) is 5.65 Å². The van der Waals surface area contributed by atoms with E-state index in [1.807, 2.05) is 17.4 Å². The fourth-order valence-electron chi connectivity index (χ4n) is 2.11. The summed E-state index contributed by atoms with van der Waals surface area (Å²) in [4.78, 5) is 0. The maximum absolute atomic E-state index is 5.93. The number of aryl methyl sites for hydroxylation is 1. The van der Waals surface area contributed by atoms with Crippen LogP contribution < -0.4 is 5.73 Å². The van der Waals surface area contributed by atoms with Gasteiger partial charge in [0.05, 0.1) is 5.69 Å². The van der Waals surface area contributed by atoms with Gasteiger partial charge in [-0.3, -0.25) is 4.40 Å². The van der Waals surface area contributed by atoms with Crippen LogP contribution in [0.4, 0.5) is 5.69 Å². The van der Waals surface area contributed by atoms with Gasteiger partial charge in [-0.2, -0.15) is 0 Å². The Labute approximate surface area is 95.5 Å². The Bertz CT molecular complexity index is 497. The molecule has 0 fully saturated rings. The molecule has 0 aliphatic rings. The van der Waals surface area contributed by atoms with Gasteiger partial charge in [-0.15, -0.1) is 10.2 Å². The second-order valence-electron chi connectivity index (χ2n) is 4.24. The van der Waals surface area contributed by atoms with Gasteiger partial charge in [0, 0.05) is 12.1 Å². The highest BCUT2D eigenvalue weighted by molar-refractivity contribution is 5.65. The SMILES string of the molecule is CCC(CC)c1nnc2c(N)cc(C)cn12. The molecule has 0 unspecified atom stereocenters. The number of fused-ring (bicyclic) bond motifs is 1. The zero-order chi connectivity index (χ0) is 11.7. The molecule has 2 aromatic heterocycles. The van der Waals surface area contributed by atoms with Crippen molar-refractivity contribution in [2.75, 3.05) is 5.73 Å². The molecule has 2 heterocycles. The second kappa shape index (κ2) is 4.12. The number of hydrogen-bond donors (Lipinski definition) is 1. The normalized spacial score (nSPS) is 11.5. The number of nitrogens with zero attached hydrogens (tertiary/aromatic N) is 3. The van der Waals surface area contributed by atoms with Crippen LogP contribution in [-0.4, -0.2) is 14.6 Å². The van der Waals surface area contributed by atoms with Gasteiger partial charge < -0.3 is 5.73 Å².